The summed E-state index contributed by atoms with van der Waals surface area (Å²) < 4.78 is 14.5. The molecular formula is C16H22BNO2. The van der Waals surface area contributed by atoms with Crippen LogP contribution in [0.15, 0.2) is 24.4 Å². The van der Waals surface area contributed by atoms with E-state index in [0.29, 0.717) is 0 Å². The first-order chi connectivity index (χ1) is 9.23. The highest BCUT2D eigenvalue weighted by Crippen LogP contribution is 2.37. The van der Waals surface area contributed by atoms with Crippen LogP contribution in [0.25, 0.3) is 10.8 Å². The molecule has 0 N–H and O–H groups in total. The Hall–Kier alpha value is -1.26. The number of rotatable bonds is 1. The van der Waals surface area contributed by atoms with Crippen molar-refractivity contribution in [1.82, 2.24) is 4.57 Å². The maximum atomic E-state index is 6.19. The van der Waals surface area contributed by atoms with Gasteiger partial charge >= 0.3 is 7.12 Å². The molecule has 0 spiro atoms. The molecule has 4 heteroatoms. The Morgan fingerprint density at radius 1 is 1.00 bits per heavy atom. The summed E-state index contributed by atoms with van der Waals surface area (Å²) in [5.41, 5.74) is 1.76. The van der Waals surface area contributed by atoms with Crippen molar-refractivity contribution in [3.8, 4) is 0 Å². The molecule has 2 heterocycles. The molecule has 0 amide bonds. The predicted molar refractivity (Wildman–Crippen MR) is 83.4 cm³/mol. The number of benzene rings is 1. The van der Waals surface area contributed by atoms with Crippen molar-refractivity contribution < 1.29 is 9.31 Å². The fraction of sp³-hybridized carbons (Fsp3) is 0.500. The van der Waals surface area contributed by atoms with Gasteiger partial charge in [0.2, 0.25) is 0 Å². The fourth-order valence-electron chi connectivity index (χ4n) is 2.78. The molecule has 1 aliphatic rings. The predicted octanol–water partition coefficient (Wildman–Crippen LogP) is 2.79. The summed E-state index contributed by atoms with van der Waals surface area (Å²) in [6.07, 6.45) is 2.16. The zero-order chi connectivity index (χ0) is 14.7. The second-order valence-electron chi connectivity index (χ2n) is 6.75. The molecule has 0 saturated carbocycles. The zero-order valence-electron chi connectivity index (χ0n) is 13.2. The van der Waals surface area contributed by atoms with Crippen molar-refractivity contribution in [1.29, 1.82) is 0 Å². The summed E-state index contributed by atoms with van der Waals surface area (Å²) in [7, 11) is 1.74. The first-order valence-electron chi connectivity index (χ1n) is 7.13. The van der Waals surface area contributed by atoms with Gasteiger partial charge in [-0.15, -0.1) is 0 Å². The van der Waals surface area contributed by atoms with Crippen LogP contribution in [0.1, 0.15) is 33.3 Å². The lowest BCUT2D eigenvalue weighted by molar-refractivity contribution is 0.00578. The van der Waals surface area contributed by atoms with Crippen LogP contribution < -0.4 is 5.59 Å². The van der Waals surface area contributed by atoms with Crippen molar-refractivity contribution in [3.63, 3.8) is 0 Å². The topological polar surface area (TPSA) is 23.4 Å². The highest BCUT2D eigenvalue weighted by Gasteiger charge is 2.52. The Balaban J connectivity index is 2.13. The van der Waals surface area contributed by atoms with Crippen LogP contribution in [0, 0.1) is 6.92 Å². The molecule has 106 valence electrons. The monoisotopic (exact) mass is 271 g/mol. The van der Waals surface area contributed by atoms with Gasteiger partial charge in [0.1, 0.15) is 0 Å². The minimum Gasteiger partial charge on any atom is -0.398 e. The summed E-state index contributed by atoms with van der Waals surface area (Å²) in [4.78, 5) is 0. The molecule has 0 unspecified atom stereocenters. The van der Waals surface area contributed by atoms with Crippen molar-refractivity contribution in [2.45, 2.75) is 45.8 Å². The third-order valence-electron chi connectivity index (χ3n) is 4.78. The normalized spacial score (nSPS) is 20.8. The number of hydrogen-bond acceptors (Lipinski definition) is 2. The molecule has 2 aromatic rings. The Morgan fingerprint density at radius 3 is 2.20 bits per heavy atom. The average Bonchev–Trinajstić information content (AvgIpc) is 2.74. The third kappa shape index (κ3) is 1.82. The minimum atomic E-state index is -0.315. The lowest BCUT2D eigenvalue weighted by atomic mass is 9.82. The molecule has 1 aromatic heterocycles. The summed E-state index contributed by atoms with van der Waals surface area (Å²) in [6, 6.07) is 6.37. The van der Waals surface area contributed by atoms with Gasteiger partial charge in [-0.1, -0.05) is 18.2 Å². The van der Waals surface area contributed by atoms with E-state index in [1.54, 1.807) is 0 Å². The highest BCUT2D eigenvalue weighted by atomic mass is 16.7. The van der Waals surface area contributed by atoms with Crippen LogP contribution in [-0.2, 0) is 16.4 Å². The summed E-state index contributed by atoms with van der Waals surface area (Å²) in [5, 5.41) is 2.48. The van der Waals surface area contributed by atoms with E-state index in [4.69, 9.17) is 9.31 Å². The van der Waals surface area contributed by atoms with Crippen LogP contribution in [-0.4, -0.2) is 22.9 Å². The van der Waals surface area contributed by atoms with Crippen LogP contribution in [0.5, 0.6) is 0 Å². The SMILES string of the molecule is Cc1cccc2c(B3OC(C)(C)C(C)(C)O3)n(C)cc12. The molecule has 1 aromatic carbocycles. The fourth-order valence-corrected chi connectivity index (χ4v) is 2.78. The van der Waals surface area contributed by atoms with E-state index in [0.717, 1.165) is 5.59 Å². The van der Waals surface area contributed by atoms with E-state index in [9.17, 15) is 0 Å². The largest absolute Gasteiger partial charge is 0.512 e. The summed E-state index contributed by atoms with van der Waals surface area (Å²) >= 11 is 0. The summed E-state index contributed by atoms with van der Waals surface area (Å²) in [6.45, 7) is 10.5. The lowest BCUT2D eigenvalue weighted by Gasteiger charge is -2.32. The Bertz CT molecular complexity index is 656. The van der Waals surface area contributed by atoms with Crippen LogP contribution in [0.2, 0.25) is 0 Å². The maximum Gasteiger partial charge on any atom is 0.512 e. The first kappa shape index (κ1) is 13.7. The summed E-state index contributed by atoms with van der Waals surface area (Å²) in [5.74, 6) is 0. The number of aromatic nitrogens is 1. The van der Waals surface area contributed by atoms with Gasteiger partial charge in [0.05, 0.1) is 16.8 Å². The number of nitrogens with zero attached hydrogens (tertiary/aromatic N) is 1. The van der Waals surface area contributed by atoms with Gasteiger partial charge in [0.15, 0.2) is 0 Å². The standard InChI is InChI=1S/C16H22BNO2/c1-11-8-7-9-12-13(11)10-18(6)14(12)17-19-15(2,3)16(4,5)20-17/h7-10H,1-6H3. The Labute approximate surface area is 121 Å². The second-order valence-corrected chi connectivity index (χ2v) is 6.75. The molecule has 0 aliphatic carbocycles. The van der Waals surface area contributed by atoms with Crippen LogP contribution in [0.4, 0.5) is 0 Å². The number of aryl methyl sites for hydroxylation is 2. The highest BCUT2D eigenvalue weighted by molar-refractivity contribution is 6.64. The molecule has 3 rings (SSSR count). The molecular weight excluding hydrogens is 249 g/mol. The zero-order valence-corrected chi connectivity index (χ0v) is 13.2. The van der Waals surface area contributed by atoms with Gasteiger partial charge in [-0.2, -0.15) is 0 Å². The van der Waals surface area contributed by atoms with E-state index in [1.807, 2.05) is 0 Å². The van der Waals surface area contributed by atoms with E-state index in [-0.39, 0.29) is 18.3 Å². The van der Waals surface area contributed by atoms with Gasteiger partial charge in [-0.25, -0.2) is 0 Å². The van der Waals surface area contributed by atoms with E-state index < -0.39 is 0 Å². The number of fused-ring (bicyclic) bond motifs is 1. The van der Waals surface area contributed by atoms with Gasteiger partial charge < -0.3 is 13.9 Å². The van der Waals surface area contributed by atoms with Crippen LogP contribution in [0.3, 0.4) is 0 Å². The van der Waals surface area contributed by atoms with Crippen molar-refractivity contribution in [3.05, 3.63) is 30.0 Å². The van der Waals surface area contributed by atoms with Crippen molar-refractivity contribution in [2.75, 3.05) is 0 Å². The minimum absolute atomic E-state index is 0.307. The maximum absolute atomic E-state index is 6.19. The Kier molecular flexibility index (Phi) is 2.83. The van der Waals surface area contributed by atoms with Gasteiger partial charge in [-0.05, 0) is 45.6 Å². The Morgan fingerprint density at radius 2 is 1.60 bits per heavy atom. The van der Waals surface area contributed by atoms with Gasteiger partial charge in [-0.3, -0.25) is 0 Å². The molecule has 20 heavy (non-hydrogen) atoms. The quantitative estimate of drug-likeness (QED) is 0.744. The van der Waals surface area contributed by atoms with Gasteiger partial charge in [0, 0.05) is 18.6 Å². The van der Waals surface area contributed by atoms with Crippen LogP contribution >= 0.6 is 0 Å². The molecule has 1 saturated heterocycles. The molecule has 0 radical (unpaired) electrons. The smallest absolute Gasteiger partial charge is 0.398 e. The molecule has 3 nitrogen and oxygen atoms in total. The second kappa shape index (κ2) is 4.12. The van der Waals surface area contributed by atoms with E-state index >= 15 is 0 Å². The van der Waals surface area contributed by atoms with Crippen molar-refractivity contribution >= 4 is 23.5 Å². The molecule has 1 fully saturated rings. The molecule has 0 atom stereocenters. The van der Waals surface area contributed by atoms with Gasteiger partial charge in [0.25, 0.3) is 0 Å². The first-order valence-corrected chi connectivity index (χ1v) is 7.13. The average molecular weight is 271 g/mol. The van der Waals surface area contributed by atoms with E-state index in [1.165, 1.54) is 16.3 Å². The third-order valence-corrected chi connectivity index (χ3v) is 4.78. The molecule has 0 bridgehead atoms. The number of hydrogen-bond donors (Lipinski definition) is 0. The van der Waals surface area contributed by atoms with Crippen molar-refractivity contribution in [2.24, 2.45) is 7.05 Å². The lowest BCUT2D eigenvalue weighted by Crippen LogP contribution is -2.41. The van der Waals surface area contributed by atoms with E-state index in [2.05, 4.69) is 70.6 Å². The molecule has 1 aliphatic heterocycles.